The number of aliphatic hydroxyl groups excluding tert-OH is 2. The molecule has 9 heteroatoms. The SMILES string of the molecule is CC(C)c1ccc(CNC(=O)c2nn(-c3ccc(F)cc3)c(CC[C@@H](O)C[C@@H](O)CC(=O)O)c2C(C)C)cc1. The predicted molar refractivity (Wildman–Crippen MR) is 147 cm³/mol. The average Bonchev–Trinajstić information content (AvgIpc) is 3.26. The Hall–Kier alpha value is -3.56. The number of aliphatic carboxylic acids is 1. The summed E-state index contributed by atoms with van der Waals surface area (Å²) >= 11 is 0. The third kappa shape index (κ3) is 8.21. The fraction of sp³-hybridized carbons (Fsp3) is 0.433. The molecule has 210 valence electrons. The lowest BCUT2D eigenvalue weighted by molar-refractivity contribution is -0.139. The average molecular weight is 540 g/mol. The number of hydrogen-bond donors (Lipinski definition) is 4. The Morgan fingerprint density at radius 3 is 2.15 bits per heavy atom. The molecule has 0 aliphatic heterocycles. The van der Waals surface area contributed by atoms with Crippen LogP contribution < -0.4 is 5.32 Å². The minimum Gasteiger partial charge on any atom is -0.481 e. The van der Waals surface area contributed by atoms with Crippen LogP contribution in [0.3, 0.4) is 0 Å². The van der Waals surface area contributed by atoms with Gasteiger partial charge in [0.25, 0.3) is 5.91 Å². The van der Waals surface area contributed by atoms with E-state index in [9.17, 15) is 24.2 Å². The van der Waals surface area contributed by atoms with Gasteiger partial charge in [0.2, 0.25) is 0 Å². The molecule has 4 N–H and O–H groups in total. The van der Waals surface area contributed by atoms with E-state index in [0.717, 1.165) is 5.56 Å². The molecule has 2 aromatic carbocycles. The van der Waals surface area contributed by atoms with Gasteiger partial charge in [0.1, 0.15) is 5.82 Å². The number of carbonyl (C=O) groups is 2. The van der Waals surface area contributed by atoms with Crippen LogP contribution in [0.4, 0.5) is 4.39 Å². The molecular formula is C30H38FN3O5. The van der Waals surface area contributed by atoms with Gasteiger partial charge in [-0.2, -0.15) is 5.10 Å². The van der Waals surface area contributed by atoms with Crippen LogP contribution in [0.5, 0.6) is 0 Å². The molecule has 0 saturated heterocycles. The highest BCUT2D eigenvalue weighted by Crippen LogP contribution is 2.28. The maximum atomic E-state index is 13.6. The van der Waals surface area contributed by atoms with Crippen LogP contribution in [0, 0.1) is 5.82 Å². The second kappa shape index (κ2) is 13.5. The van der Waals surface area contributed by atoms with E-state index in [4.69, 9.17) is 5.11 Å². The summed E-state index contributed by atoms with van der Waals surface area (Å²) in [6, 6.07) is 13.8. The second-order valence-corrected chi connectivity index (χ2v) is 10.5. The Kier molecular flexibility index (Phi) is 10.4. The van der Waals surface area contributed by atoms with Gasteiger partial charge in [-0.1, -0.05) is 52.0 Å². The maximum Gasteiger partial charge on any atom is 0.305 e. The van der Waals surface area contributed by atoms with E-state index >= 15 is 0 Å². The number of carbonyl (C=O) groups excluding carboxylic acids is 1. The zero-order chi connectivity index (χ0) is 28.7. The molecule has 1 amide bonds. The van der Waals surface area contributed by atoms with Crippen LogP contribution in [0.15, 0.2) is 48.5 Å². The Morgan fingerprint density at radius 2 is 1.59 bits per heavy atom. The molecule has 1 heterocycles. The number of hydrogen-bond acceptors (Lipinski definition) is 5. The molecule has 0 saturated carbocycles. The number of carboxylic acid groups (broad SMARTS) is 1. The number of amides is 1. The van der Waals surface area contributed by atoms with E-state index in [1.54, 1.807) is 16.8 Å². The number of aliphatic hydroxyl groups is 2. The fourth-order valence-corrected chi connectivity index (χ4v) is 4.58. The molecule has 2 atom stereocenters. The lowest BCUT2D eigenvalue weighted by Gasteiger charge is -2.16. The Bertz CT molecular complexity index is 1250. The number of halogens is 1. The first kappa shape index (κ1) is 30.0. The van der Waals surface area contributed by atoms with Crippen molar-refractivity contribution in [1.29, 1.82) is 0 Å². The smallest absolute Gasteiger partial charge is 0.305 e. The first-order chi connectivity index (χ1) is 18.5. The zero-order valence-electron chi connectivity index (χ0n) is 22.9. The van der Waals surface area contributed by atoms with Crippen molar-refractivity contribution in [2.75, 3.05) is 0 Å². The molecule has 8 nitrogen and oxygen atoms in total. The standard InChI is InChI=1S/C30H38FN3O5/c1-18(2)21-7-5-20(6-8-21)17-32-30(39)29-28(19(3)4)26(14-13-24(35)15-25(36)16-27(37)38)34(33-29)23-11-9-22(31)10-12-23/h5-12,18-19,24-25,35-36H,13-17H2,1-4H3,(H,32,39)(H,37,38)/t24-,25-/m1/s1. The highest BCUT2D eigenvalue weighted by Gasteiger charge is 2.26. The molecule has 1 aromatic heterocycles. The summed E-state index contributed by atoms with van der Waals surface area (Å²) < 4.78 is 15.2. The van der Waals surface area contributed by atoms with Crippen molar-refractivity contribution in [2.45, 2.75) is 84.0 Å². The van der Waals surface area contributed by atoms with Crippen LogP contribution in [0.2, 0.25) is 0 Å². The van der Waals surface area contributed by atoms with Gasteiger partial charge in [0.05, 0.1) is 24.3 Å². The van der Waals surface area contributed by atoms with Crippen molar-refractivity contribution in [3.8, 4) is 5.69 Å². The van der Waals surface area contributed by atoms with Crippen LogP contribution >= 0.6 is 0 Å². The van der Waals surface area contributed by atoms with E-state index in [2.05, 4.69) is 24.3 Å². The fourth-order valence-electron chi connectivity index (χ4n) is 4.58. The van der Waals surface area contributed by atoms with Gasteiger partial charge < -0.3 is 20.6 Å². The number of aromatic nitrogens is 2. The quantitative estimate of drug-likeness (QED) is 0.249. The van der Waals surface area contributed by atoms with Gasteiger partial charge in [-0.3, -0.25) is 9.59 Å². The summed E-state index contributed by atoms with van der Waals surface area (Å²) in [5.74, 6) is -1.56. The molecule has 39 heavy (non-hydrogen) atoms. The zero-order valence-corrected chi connectivity index (χ0v) is 22.9. The van der Waals surface area contributed by atoms with Crippen molar-refractivity contribution < 1.29 is 29.3 Å². The predicted octanol–water partition coefficient (Wildman–Crippen LogP) is 4.71. The van der Waals surface area contributed by atoms with Crippen molar-refractivity contribution in [2.24, 2.45) is 0 Å². The summed E-state index contributed by atoms with van der Waals surface area (Å²) in [6.07, 6.45) is -2.14. The summed E-state index contributed by atoms with van der Waals surface area (Å²) in [6.45, 7) is 8.47. The minimum atomic E-state index is -1.17. The van der Waals surface area contributed by atoms with Crippen LogP contribution in [0.1, 0.15) is 91.7 Å². The molecule has 0 spiro atoms. The van der Waals surface area contributed by atoms with Gasteiger partial charge in [-0.25, -0.2) is 9.07 Å². The van der Waals surface area contributed by atoms with Crippen molar-refractivity contribution in [1.82, 2.24) is 15.1 Å². The summed E-state index contributed by atoms with van der Waals surface area (Å²) in [5.41, 5.74) is 4.40. The molecule has 0 radical (unpaired) electrons. The second-order valence-electron chi connectivity index (χ2n) is 10.5. The van der Waals surface area contributed by atoms with Gasteiger partial charge in [-0.05, 0) is 66.5 Å². The van der Waals surface area contributed by atoms with Gasteiger partial charge >= 0.3 is 5.97 Å². The number of nitrogens with zero attached hydrogens (tertiary/aromatic N) is 2. The highest BCUT2D eigenvalue weighted by molar-refractivity contribution is 5.94. The van der Waals surface area contributed by atoms with E-state index in [-0.39, 0.29) is 30.4 Å². The molecule has 0 aliphatic rings. The molecule has 3 aromatic rings. The summed E-state index contributed by atoms with van der Waals surface area (Å²) in [4.78, 5) is 24.2. The van der Waals surface area contributed by atoms with Crippen LogP contribution in [0.25, 0.3) is 5.69 Å². The summed E-state index contributed by atoms with van der Waals surface area (Å²) in [5, 5.41) is 36.9. The van der Waals surface area contributed by atoms with E-state index < -0.39 is 30.4 Å². The van der Waals surface area contributed by atoms with Gasteiger partial charge in [0.15, 0.2) is 5.69 Å². The normalized spacial score (nSPS) is 13.1. The minimum absolute atomic E-state index is 0.0864. The van der Waals surface area contributed by atoms with Gasteiger partial charge in [-0.15, -0.1) is 0 Å². The number of benzene rings is 2. The Balaban J connectivity index is 1.88. The van der Waals surface area contributed by atoms with Crippen molar-refractivity contribution in [3.63, 3.8) is 0 Å². The summed E-state index contributed by atoms with van der Waals surface area (Å²) in [7, 11) is 0. The Morgan fingerprint density at radius 1 is 0.949 bits per heavy atom. The number of rotatable bonds is 13. The molecular weight excluding hydrogens is 501 g/mol. The third-order valence-corrected chi connectivity index (χ3v) is 6.65. The van der Waals surface area contributed by atoms with E-state index in [1.165, 1.54) is 17.7 Å². The largest absolute Gasteiger partial charge is 0.481 e. The Labute approximate surface area is 228 Å². The van der Waals surface area contributed by atoms with Crippen molar-refractivity contribution in [3.05, 3.63) is 82.4 Å². The number of carboxylic acids is 1. The van der Waals surface area contributed by atoms with E-state index in [0.29, 0.717) is 35.8 Å². The van der Waals surface area contributed by atoms with Crippen LogP contribution in [-0.4, -0.2) is 49.2 Å². The molecule has 0 unspecified atom stereocenters. The van der Waals surface area contributed by atoms with Gasteiger partial charge in [0, 0.05) is 17.8 Å². The topological polar surface area (TPSA) is 125 Å². The molecule has 0 fully saturated rings. The monoisotopic (exact) mass is 539 g/mol. The van der Waals surface area contributed by atoms with Crippen molar-refractivity contribution >= 4 is 11.9 Å². The first-order valence-corrected chi connectivity index (χ1v) is 13.3. The lowest BCUT2D eigenvalue weighted by Crippen LogP contribution is -2.24. The van der Waals surface area contributed by atoms with E-state index in [1.807, 2.05) is 38.1 Å². The lowest BCUT2D eigenvalue weighted by atomic mass is 9.95. The molecule has 0 aliphatic carbocycles. The molecule has 0 bridgehead atoms. The van der Waals surface area contributed by atoms with Crippen LogP contribution in [-0.2, 0) is 17.8 Å². The third-order valence-electron chi connectivity index (χ3n) is 6.65. The number of nitrogens with one attached hydrogen (secondary N) is 1. The highest BCUT2D eigenvalue weighted by atomic mass is 19.1. The maximum absolute atomic E-state index is 13.6. The molecule has 3 rings (SSSR count). The first-order valence-electron chi connectivity index (χ1n) is 13.3.